The fraction of sp³-hybridized carbons (Fsp3) is 0.538. The third kappa shape index (κ3) is 5.35. The number of ether oxygens (including phenoxy) is 3. The third-order valence-electron chi connectivity index (χ3n) is 2.45. The summed E-state index contributed by atoms with van der Waals surface area (Å²) in [7, 11) is 3.24. The minimum atomic E-state index is -0.0468. The molecule has 2 N–H and O–H groups in total. The summed E-state index contributed by atoms with van der Waals surface area (Å²) in [6.07, 6.45) is 0. The lowest BCUT2D eigenvalue weighted by Gasteiger charge is -2.15. The summed E-state index contributed by atoms with van der Waals surface area (Å²) in [6.45, 7) is 1.72. The summed E-state index contributed by atoms with van der Waals surface area (Å²) in [4.78, 5) is 0. The van der Waals surface area contributed by atoms with Gasteiger partial charge < -0.3 is 24.6 Å². The molecule has 0 radical (unpaired) electrons. The third-order valence-corrected chi connectivity index (χ3v) is 2.45. The fourth-order valence-electron chi connectivity index (χ4n) is 1.48. The number of hydrogen-bond donors (Lipinski definition) is 2. The van der Waals surface area contributed by atoms with E-state index in [2.05, 4.69) is 5.32 Å². The van der Waals surface area contributed by atoms with Gasteiger partial charge in [-0.15, -0.1) is 0 Å². The summed E-state index contributed by atoms with van der Waals surface area (Å²) in [6, 6.07) is 7.37. The first-order valence-electron chi connectivity index (χ1n) is 5.90. The van der Waals surface area contributed by atoms with Crippen molar-refractivity contribution < 1.29 is 19.3 Å². The maximum Gasteiger partial charge on any atom is 0.119 e. The molecule has 0 aliphatic heterocycles. The van der Waals surface area contributed by atoms with Crippen LogP contribution in [-0.2, 0) is 4.74 Å². The number of aliphatic hydroxyl groups is 1. The van der Waals surface area contributed by atoms with E-state index < -0.39 is 0 Å². The first-order chi connectivity index (χ1) is 8.80. The van der Waals surface area contributed by atoms with Crippen LogP contribution >= 0.6 is 0 Å². The molecule has 1 unspecified atom stereocenters. The van der Waals surface area contributed by atoms with Crippen LogP contribution in [-0.4, -0.2) is 51.7 Å². The molecule has 18 heavy (non-hydrogen) atoms. The molecule has 0 amide bonds. The smallest absolute Gasteiger partial charge is 0.119 e. The number of methoxy groups -OCH3 is 2. The Morgan fingerprint density at radius 3 is 2.39 bits per heavy atom. The highest BCUT2D eigenvalue weighted by molar-refractivity contribution is 5.31. The van der Waals surface area contributed by atoms with Gasteiger partial charge in [0, 0.05) is 13.7 Å². The van der Waals surface area contributed by atoms with Crippen molar-refractivity contribution in [2.45, 2.75) is 6.04 Å². The molecule has 0 saturated heterocycles. The maximum absolute atomic E-state index is 9.03. The van der Waals surface area contributed by atoms with E-state index in [0.717, 1.165) is 11.5 Å². The molecule has 0 aliphatic rings. The molecule has 102 valence electrons. The average Bonchev–Trinajstić information content (AvgIpc) is 2.43. The molecule has 5 nitrogen and oxygen atoms in total. The van der Waals surface area contributed by atoms with Crippen LogP contribution < -0.4 is 14.8 Å². The summed E-state index contributed by atoms with van der Waals surface area (Å²) >= 11 is 0. The molecule has 1 rings (SSSR count). The molecule has 0 spiro atoms. The van der Waals surface area contributed by atoms with Gasteiger partial charge in [0.1, 0.15) is 18.1 Å². The lowest BCUT2D eigenvalue weighted by Crippen LogP contribution is -2.38. The van der Waals surface area contributed by atoms with Gasteiger partial charge in [0.25, 0.3) is 0 Å². The largest absolute Gasteiger partial charge is 0.497 e. The van der Waals surface area contributed by atoms with E-state index in [0.29, 0.717) is 19.8 Å². The number of benzene rings is 1. The van der Waals surface area contributed by atoms with Crippen molar-refractivity contribution in [3.63, 3.8) is 0 Å². The van der Waals surface area contributed by atoms with E-state index in [9.17, 15) is 0 Å². The number of rotatable bonds is 9. The van der Waals surface area contributed by atoms with Crippen molar-refractivity contribution in [1.29, 1.82) is 0 Å². The molecule has 0 saturated carbocycles. The normalized spacial score (nSPS) is 12.2. The van der Waals surface area contributed by atoms with Crippen LogP contribution in [0.3, 0.4) is 0 Å². The standard InChI is InChI=1S/C13H21NO4/c1-16-10-11(9-15)14-7-8-18-13-5-3-12(17-2)4-6-13/h3-6,11,14-15H,7-10H2,1-2H3. The van der Waals surface area contributed by atoms with E-state index in [-0.39, 0.29) is 12.6 Å². The van der Waals surface area contributed by atoms with E-state index >= 15 is 0 Å². The molecule has 1 atom stereocenters. The molecular formula is C13H21NO4. The highest BCUT2D eigenvalue weighted by Crippen LogP contribution is 2.16. The Morgan fingerprint density at radius 1 is 1.17 bits per heavy atom. The molecule has 0 aromatic heterocycles. The summed E-state index contributed by atoms with van der Waals surface area (Å²) in [5, 5.41) is 12.2. The molecule has 0 fully saturated rings. The minimum absolute atomic E-state index is 0.0468. The van der Waals surface area contributed by atoms with Crippen LogP contribution in [0.5, 0.6) is 11.5 Å². The second-order valence-corrected chi connectivity index (χ2v) is 3.81. The Hall–Kier alpha value is -1.30. The SMILES string of the molecule is COCC(CO)NCCOc1ccc(OC)cc1. The number of aliphatic hydroxyl groups excluding tert-OH is 1. The van der Waals surface area contributed by atoms with Gasteiger partial charge in [-0.1, -0.05) is 0 Å². The monoisotopic (exact) mass is 255 g/mol. The summed E-state index contributed by atoms with van der Waals surface area (Å²) in [5.41, 5.74) is 0. The van der Waals surface area contributed by atoms with E-state index in [1.165, 1.54) is 0 Å². The summed E-state index contributed by atoms with van der Waals surface area (Å²) < 4.78 is 15.6. The van der Waals surface area contributed by atoms with Crippen LogP contribution in [0, 0.1) is 0 Å². The van der Waals surface area contributed by atoms with Crippen molar-refractivity contribution in [2.75, 3.05) is 40.6 Å². The first-order valence-corrected chi connectivity index (χ1v) is 5.90. The minimum Gasteiger partial charge on any atom is -0.497 e. The molecule has 1 aromatic rings. The highest BCUT2D eigenvalue weighted by atomic mass is 16.5. The topological polar surface area (TPSA) is 60.0 Å². The van der Waals surface area contributed by atoms with Gasteiger partial charge in [0.15, 0.2) is 0 Å². The van der Waals surface area contributed by atoms with Gasteiger partial charge in [-0.3, -0.25) is 0 Å². The Morgan fingerprint density at radius 2 is 1.83 bits per heavy atom. The van der Waals surface area contributed by atoms with Crippen molar-refractivity contribution in [3.05, 3.63) is 24.3 Å². The van der Waals surface area contributed by atoms with Crippen molar-refractivity contribution in [2.24, 2.45) is 0 Å². The van der Waals surface area contributed by atoms with Gasteiger partial charge in [-0.25, -0.2) is 0 Å². The van der Waals surface area contributed by atoms with E-state index in [1.54, 1.807) is 14.2 Å². The van der Waals surface area contributed by atoms with Gasteiger partial charge >= 0.3 is 0 Å². The maximum atomic E-state index is 9.03. The zero-order valence-electron chi connectivity index (χ0n) is 10.9. The first kappa shape index (κ1) is 14.8. The Kier molecular flexibility index (Phi) is 7.17. The average molecular weight is 255 g/mol. The lowest BCUT2D eigenvalue weighted by atomic mass is 10.3. The van der Waals surface area contributed by atoms with Gasteiger partial charge in [0.05, 0.1) is 26.4 Å². The van der Waals surface area contributed by atoms with E-state index in [4.69, 9.17) is 19.3 Å². The van der Waals surface area contributed by atoms with Gasteiger partial charge in [0.2, 0.25) is 0 Å². The highest BCUT2D eigenvalue weighted by Gasteiger charge is 2.04. The van der Waals surface area contributed by atoms with Crippen LogP contribution in [0.2, 0.25) is 0 Å². The number of nitrogens with one attached hydrogen (secondary N) is 1. The van der Waals surface area contributed by atoms with Crippen LogP contribution in [0.4, 0.5) is 0 Å². The molecule has 0 bridgehead atoms. The molecule has 5 heteroatoms. The van der Waals surface area contributed by atoms with Gasteiger partial charge in [-0.2, -0.15) is 0 Å². The van der Waals surface area contributed by atoms with Crippen molar-refractivity contribution in [3.8, 4) is 11.5 Å². The van der Waals surface area contributed by atoms with Crippen molar-refractivity contribution >= 4 is 0 Å². The Bertz CT molecular complexity index is 315. The van der Waals surface area contributed by atoms with Crippen LogP contribution in [0.1, 0.15) is 0 Å². The second-order valence-electron chi connectivity index (χ2n) is 3.81. The van der Waals surface area contributed by atoms with Crippen LogP contribution in [0.15, 0.2) is 24.3 Å². The van der Waals surface area contributed by atoms with Crippen LogP contribution in [0.25, 0.3) is 0 Å². The zero-order chi connectivity index (χ0) is 13.2. The van der Waals surface area contributed by atoms with E-state index in [1.807, 2.05) is 24.3 Å². The fourth-order valence-corrected chi connectivity index (χ4v) is 1.48. The van der Waals surface area contributed by atoms with Gasteiger partial charge in [-0.05, 0) is 24.3 Å². The molecule has 0 heterocycles. The quantitative estimate of drug-likeness (QED) is 0.635. The summed E-state index contributed by atoms with van der Waals surface area (Å²) in [5.74, 6) is 1.60. The predicted octanol–water partition coefficient (Wildman–Crippen LogP) is 0.671. The number of hydrogen-bond acceptors (Lipinski definition) is 5. The molecule has 0 aliphatic carbocycles. The second kappa shape index (κ2) is 8.74. The zero-order valence-corrected chi connectivity index (χ0v) is 10.9. The molecular weight excluding hydrogens is 234 g/mol. The Labute approximate surface area is 108 Å². The van der Waals surface area contributed by atoms with Crippen molar-refractivity contribution in [1.82, 2.24) is 5.32 Å². The predicted molar refractivity (Wildman–Crippen MR) is 69.2 cm³/mol. The molecule has 1 aromatic carbocycles. The lowest BCUT2D eigenvalue weighted by molar-refractivity contribution is 0.126. The Balaban J connectivity index is 2.20.